The van der Waals surface area contributed by atoms with Gasteiger partial charge in [0.05, 0.1) is 0 Å². The quantitative estimate of drug-likeness (QED) is 0.517. The fourth-order valence-corrected chi connectivity index (χ4v) is 1.17. The van der Waals surface area contributed by atoms with Gasteiger partial charge >= 0.3 is 0 Å². The van der Waals surface area contributed by atoms with Gasteiger partial charge in [-0.3, -0.25) is 9.73 Å². The van der Waals surface area contributed by atoms with Crippen LogP contribution in [-0.2, 0) is 14.8 Å². The van der Waals surface area contributed by atoms with E-state index < -0.39 is 10.6 Å². The van der Waals surface area contributed by atoms with Gasteiger partial charge in [-0.25, -0.2) is 0 Å². The molecule has 0 aromatic heterocycles. The van der Waals surface area contributed by atoms with Crippen LogP contribution in [0, 0.1) is 6.92 Å². The van der Waals surface area contributed by atoms with Gasteiger partial charge in [-0.1, -0.05) is 34.7 Å². The fourth-order valence-electron chi connectivity index (χ4n) is 0.702. The van der Waals surface area contributed by atoms with E-state index in [9.17, 15) is 4.21 Å². The van der Waals surface area contributed by atoms with Gasteiger partial charge in [0, 0.05) is 0 Å². The van der Waals surface area contributed by atoms with E-state index in [0.29, 0.717) is 4.90 Å². The molecule has 60 valence electrons. The summed E-state index contributed by atoms with van der Waals surface area (Å²) in [6, 6.07) is 6.98. The Morgan fingerprint density at radius 1 is 1.36 bits per heavy atom. The summed E-state index contributed by atoms with van der Waals surface area (Å²) in [5.74, 6) is 0. The van der Waals surface area contributed by atoms with Gasteiger partial charge in [-0.05, 0) is 6.92 Å². The summed E-state index contributed by atoms with van der Waals surface area (Å²) in [5, 5.41) is 8.18. The zero-order valence-corrected chi connectivity index (χ0v) is 6.84. The van der Waals surface area contributed by atoms with Crippen molar-refractivity contribution in [3.05, 3.63) is 29.8 Å². The van der Waals surface area contributed by atoms with Crippen molar-refractivity contribution >= 4 is 10.6 Å². The predicted molar refractivity (Wildman–Crippen MR) is 41.7 cm³/mol. The Morgan fingerprint density at radius 2 is 1.91 bits per heavy atom. The number of hydrogen-bond acceptors (Lipinski definition) is 3. The molecule has 3 nitrogen and oxygen atoms in total. The lowest BCUT2D eigenvalue weighted by Gasteiger charge is -2.01. The Kier molecular flexibility index (Phi) is 2.62. The Labute approximate surface area is 66.9 Å². The zero-order valence-electron chi connectivity index (χ0n) is 6.02. The van der Waals surface area contributed by atoms with E-state index >= 15 is 0 Å². The molecule has 0 aliphatic rings. The van der Waals surface area contributed by atoms with E-state index in [1.54, 1.807) is 12.1 Å². The van der Waals surface area contributed by atoms with Crippen LogP contribution in [0.15, 0.2) is 33.7 Å². The largest absolute Gasteiger partial charge is 0.438 e. The first-order valence-electron chi connectivity index (χ1n) is 3.07. The first kappa shape index (κ1) is 8.23. The highest BCUT2D eigenvalue weighted by Crippen LogP contribution is 2.04. The summed E-state index contributed by atoms with van der Waals surface area (Å²) in [6.07, 6.45) is 0. The summed E-state index contributed by atoms with van der Waals surface area (Å²) < 4.78 is 13.5. The van der Waals surface area contributed by atoms with E-state index in [2.05, 4.69) is 4.53 Å². The maximum Gasteiger partial charge on any atom is -0.0398 e. The molecule has 0 radical (unpaired) electrons. The molecule has 0 fully saturated rings. The zero-order chi connectivity index (χ0) is 8.27. The molecule has 0 heterocycles. The van der Waals surface area contributed by atoms with Crippen molar-refractivity contribution in [3.63, 3.8) is 0 Å². The highest BCUT2D eigenvalue weighted by atomic mass is 32.2. The van der Waals surface area contributed by atoms with Crippen molar-refractivity contribution in [2.24, 2.45) is 4.53 Å². The lowest BCUT2D eigenvalue weighted by Crippen LogP contribution is -1.78. The maximum absolute atomic E-state index is 10.8. The van der Waals surface area contributed by atoms with Crippen molar-refractivity contribution in [2.75, 3.05) is 0 Å². The second-order valence-electron chi connectivity index (χ2n) is 2.14. The molecule has 0 amide bonds. The average Bonchev–Trinajstić information content (AvgIpc) is 2.05. The summed E-state index contributed by atoms with van der Waals surface area (Å²) in [7, 11) is -1.62. The Balaban J connectivity index is 3.09. The van der Waals surface area contributed by atoms with Crippen LogP contribution in [0.2, 0.25) is 0 Å². The minimum atomic E-state index is -1.62. The van der Waals surface area contributed by atoms with Gasteiger partial charge in [-0.15, -0.1) is 10.6 Å². The van der Waals surface area contributed by atoms with Crippen LogP contribution in [0.3, 0.4) is 0 Å². The molecule has 1 aromatic carbocycles. The number of nitrogens with zero attached hydrogens (tertiary/aromatic N) is 1. The molecule has 0 spiro atoms. The van der Waals surface area contributed by atoms with Crippen LogP contribution < -0.4 is 0 Å². The molecule has 0 aliphatic heterocycles. The average molecular weight is 170 g/mol. The second-order valence-corrected chi connectivity index (χ2v) is 3.28. The minimum absolute atomic E-state index is 0.512. The fraction of sp³-hybridized carbons (Fsp3) is 0.143. The molecule has 1 N–H and O–H groups in total. The SMILES string of the molecule is Cc1ccc([S-](=O)=NO)cc1. The van der Waals surface area contributed by atoms with Crippen LogP contribution in [0.4, 0.5) is 0 Å². The highest BCUT2D eigenvalue weighted by molar-refractivity contribution is 7.74. The lowest BCUT2D eigenvalue weighted by molar-refractivity contribution is 0.325. The number of aryl methyl sites for hydroxylation is 1. The van der Waals surface area contributed by atoms with Crippen molar-refractivity contribution < 1.29 is 9.42 Å². The molecule has 0 unspecified atom stereocenters. The van der Waals surface area contributed by atoms with Crippen molar-refractivity contribution in [3.8, 4) is 0 Å². The van der Waals surface area contributed by atoms with Gasteiger partial charge in [0.2, 0.25) is 0 Å². The van der Waals surface area contributed by atoms with E-state index in [0.717, 1.165) is 5.56 Å². The van der Waals surface area contributed by atoms with Crippen LogP contribution >= 0.6 is 0 Å². The third kappa shape index (κ3) is 2.03. The topological polar surface area (TPSA) is 49.7 Å². The predicted octanol–water partition coefficient (Wildman–Crippen LogP) is 1.89. The third-order valence-corrected chi connectivity index (χ3v) is 2.12. The van der Waals surface area contributed by atoms with Crippen molar-refractivity contribution in [1.29, 1.82) is 0 Å². The van der Waals surface area contributed by atoms with E-state index in [1.807, 2.05) is 19.1 Å². The number of benzene rings is 1. The third-order valence-electron chi connectivity index (χ3n) is 1.30. The standard InChI is InChI=1S/C7H8NO2S/c1-6-2-4-7(5-3-6)11(10)8-9/h2-5,9H,1H3/q-1. The minimum Gasteiger partial charge on any atom is -0.438 e. The Morgan fingerprint density at radius 3 is 2.36 bits per heavy atom. The molecule has 0 saturated carbocycles. The molecule has 0 atom stereocenters. The van der Waals surface area contributed by atoms with Crippen LogP contribution in [-0.4, -0.2) is 5.21 Å². The van der Waals surface area contributed by atoms with Gasteiger partial charge in [0.15, 0.2) is 0 Å². The molecule has 1 rings (SSSR count). The smallest absolute Gasteiger partial charge is 0.0398 e. The summed E-state index contributed by atoms with van der Waals surface area (Å²) in [6.45, 7) is 1.93. The number of rotatable bonds is 1. The van der Waals surface area contributed by atoms with Gasteiger partial charge in [-0.2, -0.15) is 0 Å². The van der Waals surface area contributed by atoms with E-state index in [-0.39, 0.29) is 0 Å². The molecule has 1 aromatic rings. The number of hydrogen-bond donors (Lipinski definition) is 1. The molecular weight excluding hydrogens is 162 g/mol. The van der Waals surface area contributed by atoms with Gasteiger partial charge < -0.3 is 4.21 Å². The van der Waals surface area contributed by atoms with Gasteiger partial charge in [0.25, 0.3) is 0 Å². The summed E-state index contributed by atoms with van der Waals surface area (Å²) in [4.78, 5) is 0.512. The summed E-state index contributed by atoms with van der Waals surface area (Å²) >= 11 is 0. The van der Waals surface area contributed by atoms with Crippen molar-refractivity contribution in [2.45, 2.75) is 11.8 Å². The monoisotopic (exact) mass is 170 g/mol. The maximum atomic E-state index is 10.8. The first-order chi connectivity index (χ1) is 5.24. The van der Waals surface area contributed by atoms with E-state index in [1.165, 1.54) is 0 Å². The molecule has 11 heavy (non-hydrogen) atoms. The first-order valence-corrected chi connectivity index (χ1v) is 4.18. The highest BCUT2D eigenvalue weighted by Gasteiger charge is 1.82. The van der Waals surface area contributed by atoms with Crippen LogP contribution in [0.25, 0.3) is 0 Å². The molecular formula is C7H8NO2S-. The van der Waals surface area contributed by atoms with Crippen LogP contribution in [0.1, 0.15) is 5.56 Å². The second kappa shape index (κ2) is 3.50. The molecule has 4 heteroatoms. The molecule has 0 bridgehead atoms. The van der Waals surface area contributed by atoms with E-state index in [4.69, 9.17) is 5.21 Å². The van der Waals surface area contributed by atoms with Crippen LogP contribution in [0.5, 0.6) is 0 Å². The van der Waals surface area contributed by atoms with Gasteiger partial charge in [0.1, 0.15) is 0 Å². The summed E-state index contributed by atoms with van der Waals surface area (Å²) in [5.41, 5.74) is 1.09. The molecule has 0 aliphatic carbocycles. The molecule has 0 saturated heterocycles. The Hall–Kier alpha value is -0.870. The van der Waals surface area contributed by atoms with Crippen molar-refractivity contribution in [1.82, 2.24) is 0 Å². The normalized spacial score (nSPS) is 13.3. The Bertz CT molecular complexity index is 312. The lowest BCUT2D eigenvalue weighted by atomic mass is 10.2.